The van der Waals surface area contributed by atoms with Crippen molar-refractivity contribution in [3.8, 4) is 11.5 Å². The van der Waals surface area contributed by atoms with Gasteiger partial charge in [-0.25, -0.2) is 9.36 Å². The Morgan fingerprint density at radius 1 is 1.06 bits per heavy atom. The van der Waals surface area contributed by atoms with Crippen molar-refractivity contribution in [3.63, 3.8) is 0 Å². The van der Waals surface area contributed by atoms with Gasteiger partial charge in [0.1, 0.15) is 17.6 Å². The van der Waals surface area contributed by atoms with Crippen molar-refractivity contribution in [3.05, 3.63) is 91.2 Å². The Bertz CT molecular complexity index is 1340. The number of rotatable bonds is 9. The van der Waals surface area contributed by atoms with Gasteiger partial charge < -0.3 is 18.5 Å². The number of hydrogen-bond donors (Lipinski definition) is 1. The van der Waals surface area contributed by atoms with E-state index in [-0.39, 0.29) is 34.1 Å². The van der Waals surface area contributed by atoms with Crippen molar-refractivity contribution in [2.45, 2.75) is 38.2 Å². The van der Waals surface area contributed by atoms with E-state index in [1.165, 1.54) is 17.9 Å². The lowest BCUT2D eigenvalue weighted by Crippen LogP contribution is -2.36. The second-order valence-electron chi connectivity index (χ2n) is 8.30. The van der Waals surface area contributed by atoms with E-state index in [0.717, 1.165) is 0 Å². The van der Waals surface area contributed by atoms with Crippen molar-refractivity contribution >= 4 is 30.8 Å². The van der Waals surface area contributed by atoms with E-state index < -0.39 is 37.3 Å². The number of halogens is 2. The summed E-state index contributed by atoms with van der Waals surface area (Å²) in [4.78, 5) is 26.4. The van der Waals surface area contributed by atoms with Crippen molar-refractivity contribution in [2.24, 2.45) is 0 Å². The highest BCUT2D eigenvalue weighted by atomic mass is 35.5. The fourth-order valence-corrected chi connectivity index (χ4v) is 6.08. The number of para-hydroxylation sites is 2. The molecule has 1 aromatic heterocycles. The summed E-state index contributed by atoms with van der Waals surface area (Å²) in [5.74, 6) is 0.426. The van der Waals surface area contributed by atoms with E-state index in [0.29, 0.717) is 12.0 Å². The maximum atomic E-state index is 13.9. The first-order valence-corrected chi connectivity index (χ1v) is 13.6. The lowest BCUT2D eigenvalue weighted by molar-refractivity contribution is -0.0527. The monoisotopic (exact) mass is 554 g/mol. The number of methoxy groups -OCH3 is 1. The van der Waals surface area contributed by atoms with Gasteiger partial charge in [0.2, 0.25) is 0 Å². The zero-order valence-electron chi connectivity index (χ0n) is 19.6. The number of aromatic amines is 1. The van der Waals surface area contributed by atoms with Crippen molar-refractivity contribution in [1.82, 2.24) is 9.55 Å². The Hall–Kier alpha value is -2.55. The van der Waals surface area contributed by atoms with Crippen LogP contribution in [-0.4, -0.2) is 35.0 Å². The van der Waals surface area contributed by atoms with Crippen LogP contribution in [0.15, 0.2) is 64.3 Å². The molecule has 0 spiro atoms. The van der Waals surface area contributed by atoms with Gasteiger partial charge in [0, 0.05) is 25.3 Å². The normalized spacial score (nSPS) is 19.8. The highest BCUT2D eigenvalue weighted by Gasteiger charge is 2.40. The lowest BCUT2D eigenvalue weighted by Gasteiger charge is -2.22. The summed E-state index contributed by atoms with van der Waals surface area (Å²) < 4.78 is 38.5. The van der Waals surface area contributed by atoms with Gasteiger partial charge in [0.15, 0.2) is 6.23 Å². The Balaban J connectivity index is 1.55. The molecule has 2 heterocycles. The molecule has 0 unspecified atom stereocenters. The first-order valence-electron chi connectivity index (χ1n) is 11.2. The van der Waals surface area contributed by atoms with Gasteiger partial charge in [-0.2, -0.15) is 0 Å². The zero-order valence-corrected chi connectivity index (χ0v) is 22.0. The number of hydrogen-bond acceptors (Lipinski definition) is 7. The minimum absolute atomic E-state index is 0.0309. The predicted octanol–water partition coefficient (Wildman–Crippen LogP) is 5.20. The SMILES string of the molecule is CO[C@@H]1C[C@@H](CCP(=O)(Oc2ccccc2Cl)Oc2ccccc2Cl)O[C@@H]1n1cc(C)c(=O)[nH]c1=O. The number of benzene rings is 2. The van der Waals surface area contributed by atoms with Crippen LogP contribution in [-0.2, 0) is 14.0 Å². The van der Waals surface area contributed by atoms with Gasteiger partial charge in [-0.3, -0.25) is 14.3 Å². The van der Waals surface area contributed by atoms with Crippen LogP contribution in [0.1, 0.15) is 24.6 Å². The second kappa shape index (κ2) is 11.2. The fourth-order valence-electron chi connectivity index (χ4n) is 3.88. The summed E-state index contributed by atoms with van der Waals surface area (Å²) in [5.41, 5.74) is -0.704. The van der Waals surface area contributed by atoms with Gasteiger partial charge in [-0.1, -0.05) is 47.5 Å². The molecular weight excluding hydrogens is 530 g/mol. The molecule has 12 heteroatoms. The quantitative estimate of drug-likeness (QED) is 0.362. The summed E-state index contributed by atoms with van der Waals surface area (Å²) in [6.45, 7) is 1.59. The van der Waals surface area contributed by atoms with Crippen LogP contribution < -0.4 is 20.3 Å². The molecule has 1 fully saturated rings. The summed E-state index contributed by atoms with van der Waals surface area (Å²) in [7, 11) is -2.31. The summed E-state index contributed by atoms with van der Waals surface area (Å²) in [5, 5.41) is 0.565. The third kappa shape index (κ3) is 6.05. The standard InChI is InChI=1S/C24H25Cl2N2O7P/c1-15-14-28(24(30)27-22(15)29)23-21(32-2)13-16(33-23)11-12-36(31,34-19-9-5-3-7-17(19)25)35-20-10-6-4-8-18(20)26/h3-10,14,16,21,23H,11-13H2,1-2H3,(H,27,29,30)/t16-,21-,23+/m1/s1. The van der Waals surface area contributed by atoms with Crippen LogP contribution in [0.3, 0.4) is 0 Å². The molecule has 36 heavy (non-hydrogen) atoms. The molecule has 0 radical (unpaired) electrons. The highest BCUT2D eigenvalue weighted by Crippen LogP contribution is 2.52. The molecule has 1 N–H and O–H groups in total. The number of aromatic nitrogens is 2. The topological polar surface area (TPSA) is 109 Å². The fraction of sp³-hybridized carbons (Fsp3) is 0.333. The van der Waals surface area contributed by atoms with Crippen LogP contribution in [0.4, 0.5) is 0 Å². The van der Waals surface area contributed by atoms with Gasteiger partial charge >= 0.3 is 13.3 Å². The van der Waals surface area contributed by atoms with Crippen LogP contribution in [0.5, 0.6) is 11.5 Å². The average molecular weight is 555 g/mol. The van der Waals surface area contributed by atoms with E-state index in [4.69, 9.17) is 41.7 Å². The molecule has 0 amide bonds. The Labute approximate surface area is 217 Å². The van der Waals surface area contributed by atoms with E-state index in [1.54, 1.807) is 55.5 Å². The molecule has 4 rings (SSSR count). The zero-order chi connectivity index (χ0) is 25.9. The van der Waals surface area contributed by atoms with Gasteiger partial charge in [-0.15, -0.1) is 0 Å². The first kappa shape index (κ1) is 26.5. The third-order valence-corrected chi connectivity index (χ3v) is 8.12. The largest absolute Gasteiger partial charge is 0.430 e. The van der Waals surface area contributed by atoms with Crippen LogP contribution in [0.25, 0.3) is 0 Å². The van der Waals surface area contributed by atoms with Crippen molar-refractivity contribution < 1.29 is 23.1 Å². The first-order chi connectivity index (χ1) is 17.2. The van der Waals surface area contributed by atoms with Crippen molar-refractivity contribution in [2.75, 3.05) is 13.3 Å². The molecule has 3 aromatic rings. The second-order valence-corrected chi connectivity index (χ2v) is 11.2. The minimum Gasteiger partial charge on any atom is -0.414 e. The van der Waals surface area contributed by atoms with Crippen LogP contribution in [0, 0.1) is 6.92 Å². The lowest BCUT2D eigenvalue weighted by atomic mass is 10.1. The number of nitrogens with one attached hydrogen (secondary N) is 1. The smallest absolute Gasteiger partial charge is 0.414 e. The number of H-pyrrole nitrogens is 1. The molecule has 0 bridgehead atoms. The highest BCUT2D eigenvalue weighted by molar-refractivity contribution is 7.54. The van der Waals surface area contributed by atoms with Gasteiger partial charge in [0.05, 0.1) is 22.3 Å². The average Bonchev–Trinajstić information content (AvgIpc) is 3.26. The maximum absolute atomic E-state index is 13.9. The van der Waals surface area contributed by atoms with Crippen LogP contribution >= 0.6 is 30.8 Å². The van der Waals surface area contributed by atoms with E-state index in [1.807, 2.05) is 0 Å². The molecule has 1 aliphatic heterocycles. The predicted molar refractivity (Wildman–Crippen MR) is 137 cm³/mol. The van der Waals surface area contributed by atoms with Crippen molar-refractivity contribution in [1.29, 1.82) is 0 Å². The molecule has 0 aliphatic carbocycles. The number of aryl methyl sites for hydroxylation is 1. The molecule has 1 saturated heterocycles. The third-order valence-electron chi connectivity index (χ3n) is 5.74. The molecule has 1 aliphatic rings. The molecular formula is C24H25Cl2N2O7P. The molecule has 9 nitrogen and oxygen atoms in total. The number of ether oxygens (including phenoxy) is 2. The van der Waals surface area contributed by atoms with E-state index >= 15 is 0 Å². The molecule has 192 valence electrons. The summed E-state index contributed by atoms with van der Waals surface area (Å²) >= 11 is 12.5. The Kier molecular flexibility index (Phi) is 8.27. The summed E-state index contributed by atoms with van der Waals surface area (Å²) in [6, 6.07) is 13.3. The van der Waals surface area contributed by atoms with Crippen LogP contribution in [0.2, 0.25) is 10.0 Å². The van der Waals surface area contributed by atoms with Gasteiger partial charge in [0.25, 0.3) is 5.56 Å². The molecule has 2 aromatic carbocycles. The molecule has 3 atom stereocenters. The Morgan fingerprint density at radius 3 is 2.19 bits per heavy atom. The number of nitrogens with zero attached hydrogens (tertiary/aromatic N) is 1. The maximum Gasteiger partial charge on any atom is 0.430 e. The van der Waals surface area contributed by atoms with Gasteiger partial charge in [-0.05, 0) is 37.6 Å². The van der Waals surface area contributed by atoms with E-state index in [9.17, 15) is 14.2 Å². The molecule has 0 saturated carbocycles. The van der Waals surface area contributed by atoms with E-state index in [2.05, 4.69) is 4.98 Å². The summed E-state index contributed by atoms with van der Waals surface area (Å²) in [6.07, 6.45) is 0.423. The Morgan fingerprint density at radius 2 is 1.64 bits per heavy atom. The minimum atomic E-state index is -3.82.